The van der Waals surface area contributed by atoms with Crippen molar-refractivity contribution in [2.75, 3.05) is 25.0 Å². The van der Waals surface area contributed by atoms with E-state index in [0.717, 1.165) is 55.6 Å². The molecule has 2 fully saturated rings. The number of carbonyl (C=O) groups is 1. The smallest absolute Gasteiger partial charge is 0.235 e. The van der Waals surface area contributed by atoms with Gasteiger partial charge in [-0.15, -0.1) is 0 Å². The molecule has 0 radical (unpaired) electrons. The van der Waals surface area contributed by atoms with Gasteiger partial charge in [-0.2, -0.15) is 0 Å². The summed E-state index contributed by atoms with van der Waals surface area (Å²) in [6, 6.07) is 13.8. The molecule has 0 bridgehead atoms. The standard InChI is InChI=1S/C27H34Cl2N2O2/c1-20-7-2-5-16-31(20)17-6-18-33-23-11-9-22(10-12-23)30-26(32)27(14-3-4-15-27)24-13-8-21(28)19-25(24)29/h8-13,19-20H,2-7,14-18H2,1H3,(H,30,32)/t20-/m1/s1. The minimum atomic E-state index is -0.609. The molecule has 0 spiro atoms. The first-order valence-electron chi connectivity index (χ1n) is 12.2. The first-order chi connectivity index (χ1) is 16.0. The van der Waals surface area contributed by atoms with Crippen molar-refractivity contribution in [2.24, 2.45) is 0 Å². The SMILES string of the molecule is C[C@@H]1CCCCN1CCCOc1ccc(NC(=O)C2(c3ccc(Cl)cc3Cl)CCCC2)cc1. The summed E-state index contributed by atoms with van der Waals surface area (Å²) in [4.78, 5) is 16.0. The quantitative estimate of drug-likeness (QED) is 0.403. The maximum absolute atomic E-state index is 13.4. The fraction of sp³-hybridized carbons (Fsp3) is 0.519. The average Bonchev–Trinajstić information content (AvgIpc) is 3.30. The average molecular weight is 489 g/mol. The number of anilines is 1. The van der Waals surface area contributed by atoms with E-state index >= 15 is 0 Å². The zero-order valence-electron chi connectivity index (χ0n) is 19.4. The molecule has 178 valence electrons. The number of benzene rings is 2. The Bertz CT molecular complexity index is 942. The van der Waals surface area contributed by atoms with E-state index in [1.54, 1.807) is 6.07 Å². The van der Waals surface area contributed by atoms with Gasteiger partial charge in [-0.25, -0.2) is 0 Å². The number of piperidine rings is 1. The van der Waals surface area contributed by atoms with Gasteiger partial charge >= 0.3 is 0 Å². The van der Waals surface area contributed by atoms with Crippen molar-refractivity contribution < 1.29 is 9.53 Å². The van der Waals surface area contributed by atoms with Crippen molar-refractivity contribution in [2.45, 2.75) is 69.7 Å². The van der Waals surface area contributed by atoms with Gasteiger partial charge in [-0.05, 0) is 87.5 Å². The van der Waals surface area contributed by atoms with E-state index in [-0.39, 0.29) is 5.91 Å². The van der Waals surface area contributed by atoms with Crippen molar-refractivity contribution >= 4 is 34.8 Å². The Labute approximate surface area is 207 Å². The zero-order chi connectivity index (χ0) is 23.3. The lowest BCUT2D eigenvalue weighted by Gasteiger charge is -2.33. The first kappa shape index (κ1) is 24.4. The molecule has 1 N–H and O–H groups in total. The molecule has 1 aliphatic carbocycles. The normalized spacial score (nSPS) is 20.5. The van der Waals surface area contributed by atoms with Gasteiger partial charge < -0.3 is 15.0 Å². The Morgan fingerprint density at radius 2 is 1.85 bits per heavy atom. The number of halogens is 2. The van der Waals surface area contributed by atoms with Crippen LogP contribution in [-0.4, -0.2) is 36.5 Å². The second kappa shape index (κ2) is 11.1. The lowest BCUT2D eigenvalue weighted by molar-refractivity contribution is -0.121. The molecular weight excluding hydrogens is 455 g/mol. The molecule has 4 rings (SSSR count). The van der Waals surface area contributed by atoms with Crippen molar-refractivity contribution in [3.05, 3.63) is 58.1 Å². The predicted molar refractivity (Wildman–Crippen MR) is 137 cm³/mol. The lowest BCUT2D eigenvalue weighted by atomic mass is 9.78. The van der Waals surface area contributed by atoms with E-state index in [0.29, 0.717) is 22.7 Å². The molecule has 6 heteroatoms. The molecule has 1 amide bonds. The van der Waals surface area contributed by atoms with Crippen LogP contribution in [0, 0.1) is 0 Å². The molecule has 2 aromatic rings. The highest BCUT2D eigenvalue weighted by atomic mass is 35.5. The topological polar surface area (TPSA) is 41.6 Å². The fourth-order valence-electron chi connectivity index (χ4n) is 5.31. The van der Waals surface area contributed by atoms with E-state index in [2.05, 4.69) is 17.1 Å². The third-order valence-corrected chi connectivity index (χ3v) is 7.80. The molecular formula is C27H34Cl2N2O2. The second-order valence-corrected chi connectivity index (χ2v) is 10.3. The third kappa shape index (κ3) is 5.85. The van der Waals surface area contributed by atoms with Gasteiger partial charge in [0.15, 0.2) is 0 Å². The van der Waals surface area contributed by atoms with Gasteiger partial charge in [0.05, 0.1) is 12.0 Å². The highest BCUT2D eigenvalue weighted by Crippen LogP contribution is 2.45. The van der Waals surface area contributed by atoms with Crippen molar-refractivity contribution in [1.82, 2.24) is 4.90 Å². The first-order valence-corrected chi connectivity index (χ1v) is 13.0. The number of hydrogen-bond acceptors (Lipinski definition) is 3. The van der Waals surface area contributed by atoms with Crippen LogP contribution in [0.15, 0.2) is 42.5 Å². The number of hydrogen-bond donors (Lipinski definition) is 1. The van der Waals surface area contributed by atoms with E-state index in [4.69, 9.17) is 27.9 Å². The molecule has 1 atom stereocenters. The Hall–Kier alpha value is -1.75. The van der Waals surface area contributed by atoms with Crippen LogP contribution >= 0.6 is 23.2 Å². The fourth-order valence-corrected chi connectivity index (χ4v) is 5.90. The van der Waals surface area contributed by atoms with E-state index < -0.39 is 5.41 Å². The Morgan fingerprint density at radius 1 is 1.09 bits per heavy atom. The Kier molecular flexibility index (Phi) is 8.21. The van der Waals surface area contributed by atoms with Gasteiger partial charge in [-0.3, -0.25) is 4.79 Å². The predicted octanol–water partition coefficient (Wildman–Crippen LogP) is 7.09. The van der Waals surface area contributed by atoms with Crippen LogP contribution in [0.3, 0.4) is 0 Å². The number of nitrogens with one attached hydrogen (secondary N) is 1. The largest absolute Gasteiger partial charge is 0.494 e. The lowest BCUT2D eigenvalue weighted by Crippen LogP contribution is -2.38. The van der Waals surface area contributed by atoms with Crippen LogP contribution in [0.1, 0.15) is 63.9 Å². The Balaban J connectivity index is 1.32. The summed E-state index contributed by atoms with van der Waals surface area (Å²) in [5, 5.41) is 4.25. The number of nitrogens with zero attached hydrogens (tertiary/aromatic N) is 1. The molecule has 0 unspecified atom stereocenters. The zero-order valence-corrected chi connectivity index (χ0v) is 20.9. The van der Waals surface area contributed by atoms with Crippen LogP contribution in [0.2, 0.25) is 10.0 Å². The summed E-state index contributed by atoms with van der Waals surface area (Å²) < 4.78 is 5.94. The molecule has 1 heterocycles. The van der Waals surface area contributed by atoms with Crippen LogP contribution in [-0.2, 0) is 10.2 Å². The molecule has 1 saturated carbocycles. The minimum Gasteiger partial charge on any atom is -0.494 e. The maximum Gasteiger partial charge on any atom is 0.235 e. The highest BCUT2D eigenvalue weighted by molar-refractivity contribution is 6.35. The summed E-state index contributed by atoms with van der Waals surface area (Å²) in [5.41, 5.74) is 1.03. The van der Waals surface area contributed by atoms with Crippen molar-refractivity contribution in [3.8, 4) is 5.75 Å². The summed E-state index contributed by atoms with van der Waals surface area (Å²) >= 11 is 12.6. The summed E-state index contributed by atoms with van der Waals surface area (Å²) in [6.45, 7) is 5.32. The van der Waals surface area contributed by atoms with E-state index in [1.807, 2.05) is 36.4 Å². The van der Waals surface area contributed by atoms with Crippen molar-refractivity contribution in [3.63, 3.8) is 0 Å². The summed E-state index contributed by atoms with van der Waals surface area (Å²) in [7, 11) is 0. The van der Waals surface area contributed by atoms with Crippen LogP contribution in [0.4, 0.5) is 5.69 Å². The Morgan fingerprint density at radius 3 is 2.55 bits per heavy atom. The van der Waals surface area contributed by atoms with Crippen molar-refractivity contribution in [1.29, 1.82) is 0 Å². The molecule has 33 heavy (non-hydrogen) atoms. The molecule has 2 aromatic carbocycles. The van der Waals surface area contributed by atoms with Gasteiger partial charge in [0.1, 0.15) is 5.75 Å². The number of ether oxygens (including phenoxy) is 1. The van der Waals surface area contributed by atoms with Crippen LogP contribution in [0.5, 0.6) is 5.75 Å². The van der Waals surface area contributed by atoms with E-state index in [1.165, 1.54) is 25.8 Å². The van der Waals surface area contributed by atoms with Gasteiger partial charge in [-0.1, -0.05) is 48.5 Å². The number of carbonyl (C=O) groups excluding carboxylic acids is 1. The monoisotopic (exact) mass is 488 g/mol. The molecule has 1 aliphatic heterocycles. The summed E-state index contributed by atoms with van der Waals surface area (Å²) in [6.07, 6.45) is 8.58. The minimum absolute atomic E-state index is 0.00598. The highest BCUT2D eigenvalue weighted by Gasteiger charge is 2.44. The van der Waals surface area contributed by atoms with Gasteiger partial charge in [0.25, 0.3) is 0 Å². The third-order valence-electron chi connectivity index (χ3n) is 7.25. The second-order valence-electron chi connectivity index (χ2n) is 9.47. The van der Waals surface area contributed by atoms with E-state index in [9.17, 15) is 4.79 Å². The van der Waals surface area contributed by atoms with Crippen LogP contribution < -0.4 is 10.1 Å². The number of amides is 1. The number of rotatable bonds is 8. The number of likely N-dealkylation sites (tertiary alicyclic amines) is 1. The maximum atomic E-state index is 13.4. The van der Waals surface area contributed by atoms with Crippen LogP contribution in [0.25, 0.3) is 0 Å². The molecule has 0 aromatic heterocycles. The molecule has 1 saturated heterocycles. The summed E-state index contributed by atoms with van der Waals surface area (Å²) in [5.74, 6) is 0.824. The molecule has 2 aliphatic rings. The van der Waals surface area contributed by atoms with Gasteiger partial charge in [0, 0.05) is 28.3 Å². The molecule has 4 nitrogen and oxygen atoms in total. The van der Waals surface area contributed by atoms with Gasteiger partial charge in [0.2, 0.25) is 5.91 Å².